The largest absolute Gasteiger partial charge is 0.497 e. The van der Waals surface area contributed by atoms with Gasteiger partial charge in [-0.25, -0.2) is 12.8 Å². The molecule has 0 fully saturated rings. The second-order valence-corrected chi connectivity index (χ2v) is 11.8. The standard InChI is InChI=1S/C27H31FN2O5S2/c1-4-19(2)30(37(32,33)21-11-9-20(34-3)10-12-21)17-27(31)29-15-13-26-22(14-16-36-26)24(29)18-35-25-8-6-5-7-23(25)28/h5-12,14,16,19,24H,4,13,15,17-18H2,1-3H3/t19-,24-/m1/s1. The number of rotatable bonds is 10. The van der Waals surface area contributed by atoms with Gasteiger partial charge in [-0.05, 0) is 73.2 Å². The van der Waals surface area contributed by atoms with Crippen molar-refractivity contribution in [2.24, 2.45) is 0 Å². The predicted octanol–water partition coefficient (Wildman–Crippen LogP) is 4.89. The van der Waals surface area contributed by atoms with Crippen LogP contribution in [0.2, 0.25) is 0 Å². The number of hydrogen-bond donors (Lipinski definition) is 0. The van der Waals surface area contributed by atoms with Crippen LogP contribution < -0.4 is 9.47 Å². The molecule has 2 aromatic carbocycles. The van der Waals surface area contributed by atoms with Gasteiger partial charge in [0, 0.05) is 17.5 Å². The monoisotopic (exact) mass is 546 g/mol. The molecule has 0 radical (unpaired) electrons. The van der Waals surface area contributed by atoms with Gasteiger partial charge in [-0.1, -0.05) is 19.1 Å². The lowest BCUT2D eigenvalue weighted by atomic mass is 10.0. The van der Waals surface area contributed by atoms with Gasteiger partial charge in [0.25, 0.3) is 0 Å². The van der Waals surface area contributed by atoms with Gasteiger partial charge in [0.05, 0.1) is 24.6 Å². The second kappa shape index (κ2) is 11.6. The van der Waals surface area contributed by atoms with E-state index in [2.05, 4.69) is 0 Å². The molecule has 0 N–H and O–H groups in total. The summed E-state index contributed by atoms with van der Waals surface area (Å²) >= 11 is 1.61. The molecule has 198 valence electrons. The second-order valence-electron chi connectivity index (χ2n) is 8.88. The zero-order chi connectivity index (χ0) is 26.6. The molecule has 2 atom stereocenters. The van der Waals surface area contributed by atoms with Crippen LogP contribution in [0.15, 0.2) is 64.9 Å². The number of ether oxygens (including phenoxy) is 2. The number of hydrogen-bond acceptors (Lipinski definition) is 6. The molecule has 0 unspecified atom stereocenters. The van der Waals surface area contributed by atoms with Gasteiger partial charge in [-0.15, -0.1) is 11.3 Å². The maximum Gasteiger partial charge on any atom is 0.243 e. The first kappa shape index (κ1) is 27.1. The average molecular weight is 547 g/mol. The summed E-state index contributed by atoms with van der Waals surface area (Å²) in [5.41, 5.74) is 0.953. The van der Waals surface area contributed by atoms with Crippen molar-refractivity contribution in [2.45, 2.75) is 43.7 Å². The van der Waals surface area contributed by atoms with Gasteiger partial charge < -0.3 is 14.4 Å². The Bertz CT molecular complexity index is 1330. The van der Waals surface area contributed by atoms with Gasteiger partial charge in [0.2, 0.25) is 15.9 Å². The van der Waals surface area contributed by atoms with E-state index in [4.69, 9.17) is 9.47 Å². The Morgan fingerprint density at radius 1 is 1.19 bits per heavy atom. The normalized spacial score (nSPS) is 16.4. The zero-order valence-electron chi connectivity index (χ0n) is 21.1. The molecular weight excluding hydrogens is 515 g/mol. The van der Waals surface area contributed by atoms with E-state index < -0.39 is 27.9 Å². The fraction of sp³-hybridized carbons (Fsp3) is 0.370. The van der Waals surface area contributed by atoms with Crippen molar-refractivity contribution >= 4 is 27.3 Å². The molecule has 1 amide bonds. The molecule has 7 nitrogen and oxygen atoms in total. The van der Waals surface area contributed by atoms with Crippen LogP contribution >= 0.6 is 11.3 Å². The molecular formula is C27H31FN2O5S2. The van der Waals surface area contributed by atoms with Gasteiger partial charge in [-0.3, -0.25) is 4.79 Å². The number of thiophene rings is 1. The lowest BCUT2D eigenvalue weighted by Crippen LogP contribution is -2.49. The summed E-state index contributed by atoms with van der Waals surface area (Å²) in [6, 6.07) is 13.4. The third-order valence-corrected chi connectivity index (χ3v) is 9.66. The quantitative estimate of drug-likeness (QED) is 0.362. The van der Waals surface area contributed by atoms with E-state index in [9.17, 15) is 17.6 Å². The minimum atomic E-state index is -3.95. The molecule has 0 saturated heterocycles. The fourth-order valence-electron chi connectivity index (χ4n) is 4.39. The first-order valence-electron chi connectivity index (χ1n) is 12.1. The van der Waals surface area contributed by atoms with Crippen molar-refractivity contribution in [3.8, 4) is 11.5 Å². The molecule has 2 heterocycles. The summed E-state index contributed by atoms with van der Waals surface area (Å²) in [6.07, 6.45) is 1.21. The van der Waals surface area contributed by atoms with Crippen LogP contribution in [0.25, 0.3) is 0 Å². The number of para-hydroxylation sites is 1. The molecule has 1 aliphatic heterocycles. The van der Waals surface area contributed by atoms with Gasteiger partial charge in [0.1, 0.15) is 12.4 Å². The Morgan fingerprint density at radius 2 is 1.92 bits per heavy atom. The Hall–Kier alpha value is -2.95. The third-order valence-electron chi connectivity index (χ3n) is 6.69. The van der Waals surface area contributed by atoms with E-state index in [1.807, 2.05) is 18.4 Å². The number of fused-ring (bicyclic) bond motifs is 1. The number of amides is 1. The molecule has 37 heavy (non-hydrogen) atoms. The van der Waals surface area contributed by atoms with Crippen molar-refractivity contribution in [1.29, 1.82) is 0 Å². The Kier molecular flexibility index (Phi) is 8.51. The first-order chi connectivity index (χ1) is 17.8. The number of carbonyl (C=O) groups is 1. The van der Waals surface area contributed by atoms with Crippen LogP contribution in [0.4, 0.5) is 4.39 Å². The van der Waals surface area contributed by atoms with Gasteiger partial charge in [0.15, 0.2) is 11.6 Å². The maximum absolute atomic E-state index is 14.2. The SMILES string of the molecule is CC[C@@H](C)N(CC(=O)N1CCc2sccc2[C@H]1COc1ccccc1F)S(=O)(=O)c1ccc(OC)cc1. The van der Waals surface area contributed by atoms with Crippen LogP contribution in [-0.2, 0) is 21.2 Å². The van der Waals surface area contributed by atoms with E-state index in [1.54, 1.807) is 53.5 Å². The van der Waals surface area contributed by atoms with E-state index in [-0.39, 0.29) is 29.7 Å². The highest BCUT2D eigenvalue weighted by atomic mass is 32.2. The summed E-state index contributed by atoms with van der Waals surface area (Å²) in [5.74, 6) is -0.144. The molecule has 0 spiro atoms. The number of carbonyl (C=O) groups excluding carboxylic acids is 1. The highest BCUT2D eigenvalue weighted by Crippen LogP contribution is 2.34. The fourth-order valence-corrected chi connectivity index (χ4v) is 6.98. The summed E-state index contributed by atoms with van der Waals surface area (Å²) in [7, 11) is -2.44. The molecule has 1 aromatic heterocycles. The molecule has 0 saturated carbocycles. The van der Waals surface area contributed by atoms with Crippen LogP contribution in [0.1, 0.15) is 36.8 Å². The predicted molar refractivity (Wildman–Crippen MR) is 141 cm³/mol. The number of halogens is 1. The van der Waals surface area contributed by atoms with Crippen LogP contribution in [0.3, 0.4) is 0 Å². The van der Waals surface area contributed by atoms with Crippen molar-refractivity contribution in [3.63, 3.8) is 0 Å². The van der Waals surface area contributed by atoms with Crippen molar-refractivity contribution in [3.05, 3.63) is 76.2 Å². The Balaban J connectivity index is 1.59. The Morgan fingerprint density at radius 3 is 2.59 bits per heavy atom. The first-order valence-corrected chi connectivity index (χ1v) is 14.5. The average Bonchev–Trinajstić information content (AvgIpc) is 3.39. The third kappa shape index (κ3) is 5.81. The number of methoxy groups -OCH3 is 1. The highest BCUT2D eigenvalue weighted by molar-refractivity contribution is 7.89. The lowest BCUT2D eigenvalue weighted by Gasteiger charge is -2.37. The molecule has 4 rings (SSSR count). The number of sulfonamides is 1. The Labute approximate surface area is 221 Å². The maximum atomic E-state index is 14.2. The van der Waals surface area contributed by atoms with Crippen LogP contribution in [0, 0.1) is 5.82 Å². The molecule has 0 bridgehead atoms. The van der Waals surface area contributed by atoms with Gasteiger partial charge in [-0.2, -0.15) is 4.31 Å². The van der Waals surface area contributed by atoms with E-state index in [1.165, 1.54) is 29.6 Å². The zero-order valence-corrected chi connectivity index (χ0v) is 22.7. The highest BCUT2D eigenvalue weighted by Gasteiger charge is 2.36. The van der Waals surface area contributed by atoms with Crippen molar-refractivity contribution in [1.82, 2.24) is 9.21 Å². The van der Waals surface area contributed by atoms with Crippen molar-refractivity contribution in [2.75, 3.05) is 26.8 Å². The molecule has 10 heteroatoms. The van der Waals surface area contributed by atoms with E-state index >= 15 is 0 Å². The van der Waals surface area contributed by atoms with Crippen LogP contribution in [-0.4, -0.2) is 56.4 Å². The smallest absolute Gasteiger partial charge is 0.243 e. The van der Waals surface area contributed by atoms with Gasteiger partial charge >= 0.3 is 0 Å². The summed E-state index contributed by atoms with van der Waals surface area (Å²) in [5, 5.41) is 1.97. The minimum Gasteiger partial charge on any atom is -0.497 e. The summed E-state index contributed by atoms with van der Waals surface area (Å²) in [4.78, 5) is 16.6. The van der Waals surface area contributed by atoms with E-state index in [0.29, 0.717) is 25.1 Å². The minimum absolute atomic E-state index is 0.0605. The summed E-state index contributed by atoms with van der Waals surface area (Å²) < 4.78 is 53.6. The van der Waals surface area contributed by atoms with Crippen LogP contribution in [0.5, 0.6) is 11.5 Å². The molecule has 1 aliphatic rings. The number of nitrogens with zero attached hydrogens (tertiary/aromatic N) is 2. The van der Waals surface area contributed by atoms with E-state index in [0.717, 1.165) is 10.4 Å². The number of benzene rings is 2. The molecule has 0 aliphatic carbocycles. The van der Waals surface area contributed by atoms with Crippen molar-refractivity contribution < 1.29 is 27.1 Å². The topological polar surface area (TPSA) is 76.2 Å². The lowest BCUT2D eigenvalue weighted by molar-refractivity contribution is -0.135. The summed E-state index contributed by atoms with van der Waals surface area (Å²) in [6.45, 7) is 3.86. The molecule has 3 aromatic rings.